The minimum Gasteiger partial charge on any atom is -0.355 e. The topological polar surface area (TPSA) is 95.6 Å². The first kappa shape index (κ1) is 17.4. The molecule has 4 heterocycles. The minimum absolute atomic E-state index is 0.137. The molecule has 0 spiro atoms. The highest BCUT2D eigenvalue weighted by Crippen LogP contribution is 2.31. The summed E-state index contributed by atoms with van der Waals surface area (Å²) in [5.41, 5.74) is 3.33. The quantitative estimate of drug-likeness (QED) is 0.509. The third-order valence-electron chi connectivity index (χ3n) is 4.00. The van der Waals surface area contributed by atoms with Crippen LogP contribution in [-0.4, -0.2) is 25.8 Å². The van der Waals surface area contributed by atoms with E-state index in [1.54, 1.807) is 24.8 Å². The van der Waals surface area contributed by atoms with Crippen LogP contribution in [0.15, 0.2) is 61.2 Å². The molecular formula is C19H15IN6O. The minimum atomic E-state index is -0.137. The molecule has 4 rings (SSSR count). The van der Waals surface area contributed by atoms with Gasteiger partial charge in [0, 0.05) is 30.7 Å². The summed E-state index contributed by atoms with van der Waals surface area (Å²) in [6.07, 6.45) is 6.83. The molecule has 7 nitrogen and oxygen atoms in total. The lowest BCUT2D eigenvalue weighted by Crippen LogP contribution is -2.13. The van der Waals surface area contributed by atoms with E-state index in [9.17, 15) is 4.79 Å². The average molecular weight is 470 g/mol. The molecule has 0 aliphatic carbocycles. The summed E-state index contributed by atoms with van der Waals surface area (Å²) in [5, 5.41) is 6.05. The molecular weight excluding hydrogens is 455 g/mol. The molecule has 27 heavy (non-hydrogen) atoms. The number of carbonyl (C=O) groups excluding carboxylic acids is 1. The Kier molecular flexibility index (Phi) is 4.97. The average Bonchev–Trinajstić information content (AvgIpc) is 3.11. The van der Waals surface area contributed by atoms with Crippen molar-refractivity contribution in [1.29, 1.82) is 0 Å². The highest BCUT2D eigenvalue weighted by molar-refractivity contribution is 14.1. The van der Waals surface area contributed by atoms with Gasteiger partial charge in [-0.2, -0.15) is 0 Å². The number of rotatable bonds is 3. The second-order valence-corrected chi connectivity index (χ2v) is 6.91. The van der Waals surface area contributed by atoms with E-state index >= 15 is 0 Å². The molecule has 1 amide bonds. The Morgan fingerprint density at radius 3 is 2.67 bits per heavy atom. The number of pyridine rings is 2. The summed E-state index contributed by atoms with van der Waals surface area (Å²) in [6.45, 7) is 0.407. The van der Waals surface area contributed by atoms with Gasteiger partial charge in [-0.05, 0) is 46.9 Å². The standard InChI is InChI=1S/C19H15IN6O/c20-15-5-1-3-7-21-14(11-23-15)18-12-9-25-19(27)17(12)13(10-24-18)26-16-6-2-4-8-22-16/h1-8,10-11,23H,9H2,(H,22,26)(H,25,27). The van der Waals surface area contributed by atoms with E-state index < -0.39 is 0 Å². The molecule has 1 aliphatic heterocycles. The fourth-order valence-corrected chi connectivity index (χ4v) is 3.16. The van der Waals surface area contributed by atoms with Gasteiger partial charge in [0.05, 0.1) is 26.8 Å². The number of aromatic nitrogens is 4. The molecule has 0 aromatic carbocycles. The van der Waals surface area contributed by atoms with Gasteiger partial charge in [0.25, 0.3) is 5.91 Å². The molecule has 0 atom stereocenters. The van der Waals surface area contributed by atoms with Crippen LogP contribution in [0.3, 0.4) is 0 Å². The maximum atomic E-state index is 12.4. The van der Waals surface area contributed by atoms with E-state index in [1.807, 2.05) is 36.4 Å². The van der Waals surface area contributed by atoms with Crippen LogP contribution in [0, 0.1) is 3.70 Å². The molecule has 0 radical (unpaired) electrons. The number of hydrogen-bond acceptors (Lipinski definition) is 5. The van der Waals surface area contributed by atoms with Crippen LogP contribution >= 0.6 is 22.6 Å². The molecule has 8 heteroatoms. The molecule has 1 aliphatic rings. The predicted molar refractivity (Wildman–Crippen MR) is 111 cm³/mol. The SMILES string of the molecule is O=C1NCc2c(-c3c[nH]c(I)ccccn3)ncc(Nc3ccccn3)c21. The predicted octanol–water partition coefficient (Wildman–Crippen LogP) is 3.58. The van der Waals surface area contributed by atoms with Gasteiger partial charge < -0.3 is 15.6 Å². The van der Waals surface area contributed by atoms with E-state index in [1.165, 1.54) is 0 Å². The first-order chi connectivity index (χ1) is 13.2. The molecule has 0 fully saturated rings. The third-order valence-corrected chi connectivity index (χ3v) is 4.67. The molecule has 3 aromatic rings. The number of H-pyrrole nitrogens is 1. The van der Waals surface area contributed by atoms with Crippen molar-refractivity contribution in [2.75, 3.05) is 5.32 Å². The van der Waals surface area contributed by atoms with Crippen LogP contribution < -0.4 is 10.6 Å². The number of hydrogen-bond donors (Lipinski definition) is 3. The van der Waals surface area contributed by atoms with Gasteiger partial charge in [-0.1, -0.05) is 12.1 Å². The highest BCUT2D eigenvalue weighted by atomic mass is 127. The number of nitrogens with zero attached hydrogens (tertiary/aromatic N) is 3. The second kappa shape index (κ2) is 7.70. The maximum Gasteiger partial charge on any atom is 0.254 e. The maximum absolute atomic E-state index is 12.4. The van der Waals surface area contributed by atoms with Crippen molar-refractivity contribution in [2.24, 2.45) is 0 Å². The van der Waals surface area contributed by atoms with Crippen molar-refractivity contribution in [3.63, 3.8) is 0 Å². The van der Waals surface area contributed by atoms with Crippen molar-refractivity contribution >= 4 is 40.0 Å². The summed E-state index contributed by atoms with van der Waals surface area (Å²) in [5.74, 6) is 0.516. The number of fused-ring (bicyclic) bond motifs is 1. The molecule has 3 N–H and O–H groups in total. The van der Waals surface area contributed by atoms with Gasteiger partial charge in [0.15, 0.2) is 0 Å². The van der Waals surface area contributed by atoms with Gasteiger partial charge in [-0.25, -0.2) is 4.98 Å². The van der Waals surface area contributed by atoms with Crippen molar-refractivity contribution in [2.45, 2.75) is 6.54 Å². The van der Waals surface area contributed by atoms with Crippen LogP contribution in [0.25, 0.3) is 11.4 Å². The zero-order valence-electron chi connectivity index (χ0n) is 14.1. The zero-order valence-corrected chi connectivity index (χ0v) is 16.3. The number of halogens is 1. The Balaban J connectivity index is 1.83. The van der Waals surface area contributed by atoms with Crippen molar-refractivity contribution in [1.82, 2.24) is 25.3 Å². The van der Waals surface area contributed by atoms with Crippen LogP contribution in [0.4, 0.5) is 11.5 Å². The highest BCUT2D eigenvalue weighted by Gasteiger charge is 2.27. The largest absolute Gasteiger partial charge is 0.355 e. The Morgan fingerprint density at radius 1 is 1.04 bits per heavy atom. The summed E-state index contributed by atoms with van der Waals surface area (Å²) in [4.78, 5) is 28.9. The Labute approximate surface area is 169 Å². The number of amides is 1. The number of nitrogens with one attached hydrogen (secondary N) is 3. The fourth-order valence-electron chi connectivity index (χ4n) is 2.80. The van der Waals surface area contributed by atoms with Crippen molar-refractivity contribution in [3.05, 3.63) is 76.0 Å². The number of carbonyl (C=O) groups is 1. The van der Waals surface area contributed by atoms with Crippen molar-refractivity contribution < 1.29 is 4.79 Å². The number of anilines is 2. The first-order valence-corrected chi connectivity index (χ1v) is 9.32. The first-order valence-electron chi connectivity index (χ1n) is 8.24. The lowest BCUT2D eigenvalue weighted by atomic mass is 10.1. The van der Waals surface area contributed by atoms with Crippen LogP contribution in [-0.2, 0) is 6.54 Å². The van der Waals surface area contributed by atoms with Crippen LogP contribution in [0.2, 0.25) is 0 Å². The van der Waals surface area contributed by atoms with Gasteiger partial charge in [0.1, 0.15) is 11.5 Å². The lowest BCUT2D eigenvalue weighted by molar-refractivity contribution is 0.0966. The summed E-state index contributed by atoms with van der Waals surface area (Å²) >= 11 is 2.20. The van der Waals surface area contributed by atoms with E-state index in [-0.39, 0.29) is 5.91 Å². The lowest BCUT2D eigenvalue weighted by Gasteiger charge is -2.11. The molecule has 0 saturated carbocycles. The Bertz CT molecular complexity index is 1050. The fraction of sp³-hybridized carbons (Fsp3) is 0.0526. The summed E-state index contributed by atoms with van der Waals surface area (Å²) < 4.78 is 0.950. The zero-order chi connectivity index (χ0) is 18.6. The van der Waals surface area contributed by atoms with E-state index in [4.69, 9.17) is 0 Å². The van der Waals surface area contributed by atoms with Crippen LogP contribution in [0.5, 0.6) is 0 Å². The summed E-state index contributed by atoms with van der Waals surface area (Å²) in [7, 11) is 0. The van der Waals surface area contributed by atoms with E-state index in [2.05, 4.69) is 53.2 Å². The molecule has 0 unspecified atom stereocenters. The van der Waals surface area contributed by atoms with Gasteiger partial charge in [-0.15, -0.1) is 0 Å². The van der Waals surface area contributed by atoms with Gasteiger partial charge in [-0.3, -0.25) is 14.8 Å². The third kappa shape index (κ3) is 3.75. The smallest absolute Gasteiger partial charge is 0.254 e. The van der Waals surface area contributed by atoms with Gasteiger partial charge >= 0.3 is 0 Å². The number of aromatic amines is 1. The monoisotopic (exact) mass is 470 g/mol. The molecule has 134 valence electrons. The van der Waals surface area contributed by atoms with E-state index in [0.717, 1.165) is 9.26 Å². The molecule has 0 saturated heterocycles. The second-order valence-electron chi connectivity index (χ2n) is 5.75. The molecule has 0 bridgehead atoms. The van der Waals surface area contributed by atoms with Crippen LogP contribution in [0.1, 0.15) is 15.9 Å². The van der Waals surface area contributed by atoms with E-state index in [0.29, 0.717) is 35.0 Å². The Hall–Kier alpha value is -3.01. The molecule has 3 aromatic heterocycles. The summed E-state index contributed by atoms with van der Waals surface area (Å²) in [6, 6.07) is 11.2. The normalized spacial score (nSPS) is 12.1. The van der Waals surface area contributed by atoms with Crippen molar-refractivity contribution in [3.8, 4) is 11.4 Å². The van der Waals surface area contributed by atoms with Gasteiger partial charge in [0.2, 0.25) is 0 Å². The Morgan fingerprint density at radius 2 is 1.85 bits per heavy atom.